The Labute approximate surface area is 91.4 Å². The van der Waals surface area contributed by atoms with Gasteiger partial charge in [-0.2, -0.15) is 0 Å². The van der Waals surface area contributed by atoms with Crippen LogP contribution in [-0.2, 0) is 4.79 Å². The fourth-order valence-corrected chi connectivity index (χ4v) is 2.00. The minimum absolute atomic E-state index is 0.0269. The van der Waals surface area contributed by atoms with E-state index < -0.39 is 0 Å². The molecule has 1 unspecified atom stereocenters. The molecule has 1 saturated heterocycles. The van der Waals surface area contributed by atoms with Crippen LogP contribution in [0.15, 0.2) is 0 Å². The number of amides is 1. The van der Waals surface area contributed by atoms with E-state index in [4.69, 9.17) is 5.11 Å². The number of carbonyl (C=O) groups excluding carboxylic acids is 1. The second-order valence-corrected chi connectivity index (χ2v) is 4.16. The van der Waals surface area contributed by atoms with Gasteiger partial charge >= 0.3 is 0 Å². The lowest BCUT2D eigenvalue weighted by Crippen LogP contribution is -2.26. The van der Waals surface area contributed by atoms with Crippen LogP contribution in [0.4, 0.5) is 0 Å². The van der Waals surface area contributed by atoms with E-state index >= 15 is 0 Å². The first kappa shape index (κ1) is 12.5. The van der Waals surface area contributed by atoms with E-state index in [0.29, 0.717) is 18.9 Å². The molecule has 1 fully saturated rings. The first-order valence-corrected chi connectivity index (χ1v) is 5.91. The van der Waals surface area contributed by atoms with Crippen LogP contribution in [0.3, 0.4) is 0 Å². The summed E-state index contributed by atoms with van der Waals surface area (Å²) in [4.78, 5) is 11.3. The molecule has 88 valence electrons. The van der Waals surface area contributed by atoms with E-state index in [1.807, 2.05) is 0 Å². The minimum atomic E-state index is 0.0269. The minimum Gasteiger partial charge on any atom is -0.395 e. The van der Waals surface area contributed by atoms with E-state index in [0.717, 1.165) is 19.5 Å². The summed E-state index contributed by atoms with van der Waals surface area (Å²) in [7, 11) is 0. The van der Waals surface area contributed by atoms with Crippen molar-refractivity contribution in [2.75, 3.05) is 26.2 Å². The van der Waals surface area contributed by atoms with Gasteiger partial charge in [0.25, 0.3) is 0 Å². The standard InChI is InChI=1S/C11H22N2O2/c14-9-8-13-11(15)4-3-10-2-1-6-12-7-5-10/h10,12,14H,1-9H2,(H,13,15). The summed E-state index contributed by atoms with van der Waals surface area (Å²) in [5.74, 6) is 0.765. The highest BCUT2D eigenvalue weighted by molar-refractivity contribution is 5.75. The Morgan fingerprint density at radius 1 is 1.40 bits per heavy atom. The van der Waals surface area contributed by atoms with Crippen LogP contribution in [0.5, 0.6) is 0 Å². The van der Waals surface area contributed by atoms with Gasteiger partial charge in [-0.3, -0.25) is 4.79 Å². The van der Waals surface area contributed by atoms with E-state index in [1.165, 1.54) is 19.3 Å². The van der Waals surface area contributed by atoms with Gasteiger partial charge in [0, 0.05) is 13.0 Å². The molecule has 0 spiro atoms. The number of aliphatic hydroxyl groups is 1. The molecular formula is C11H22N2O2. The average molecular weight is 214 g/mol. The second-order valence-electron chi connectivity index (χ2n) is 4.16. The summed E-state index contributed by atoms with van der Waals surface area (Å²) >= 11 is 0. The quantitative estimate of drug-likeness (QED) is 0.615. The topological polar surface area (TPSA) is 61.4 Å². The van der Waals surface area contributed by atoms with Crippen LogP contribution in [0.1, 0.15) is 32.1 Å². The monoisotopic (exact) mass is 214 g/mol. The SMILES string of the molecule is O=C(CCC1CCCNCC1)NCCO. The van der Waals surface area contributed by atoms with Gasteiger partial charge in [0.05, 0.1) is 6.61 Å². The number of hydrogen-bond donors (Lipinski definition) is 3. The van der Waals surface area contributed by atoms with Gasteiger partial charge in [-0.25, -0.2) is 0 Å². The Morgan fingerprint density at radius 3 is 3.07 bits per heavy atom. The van der Waals surface area contributed by atoms with Crippen LogP contribution in [-0.4, -0.2) is 37.3 Å². The molecule has 1 amide bonds. The van der Waals surface area contributed by atoms with Gasteiger partial charge in [0.15, 0.2) is 0 Å². The van der Waals surface area contributed by atoms with Crippen molar-refractivity contribution in [3.63, 3.8) is 0 Å². The molecule has 1 atom stereocenters. The summed E-state index contributed by atoms with van der Waals surface area (Å²) in [5, 5.41) is 14.6. The van der Waals surface area contributed by atoms with Crippen molar-refractivity contribution in [3.8, 4) is 0 Å². The third kappa shape index (κ3) is 5.74. The van der Waals surface area contributed by atoms with Crippen molar-refractivity contribution < 1.29 is 9.90 Å². The Hall–Kier alpha value is -0.610. The highest BCUT2D eigenvalue weighted by atomic mass is 16.3. The van der Waals surface area contributed by atoms with E-state index in [9.17, 15) is 4.79 Å². The molecule has 3 N–H and O–H groups in total. The summed E-state index contributed by atoms with van der Waals surface area (Å²) < 4.78 is 0. The molecule has 4 nitrogen and oxygen atoms in total. The van der Waals surface area contributed by atoms with Crippen LogP contribution in [0.25, 0.3) is 0 Å². The van der Waals surface area contributed by atoms with Crippen LogP contribution in [0, 0.1) is 5.92 Å². The molecule has 1 heterocycles. The molecule has 15 heavy (non-hydrogen) atoms. The lowest BCUT2D eigenvalue weighted by atomic mass is 9.95. The van der Waals surface area contributed by atoms with Crippen molar-refractivity contribution in [1.82, 2.24) is 10.6 Å². The summed E-state index contributed by atoms with van der Waals surface area (Å²) in [6.07, 6.45) is 5.24. The Bertz CT molecular complexity index is 177. The fourth-order valence-electron chi connectivity index (χ4n) is 2.00. The molecule has 1 aliphatic rings. The number of aliphatic hydroxyl groups excluding tert-OH is 1. The maximum Gasteiger partial charge on any atom is 0.220 e. The van der Waals surface area contributed by atoms with Crippen LogP contribution >= 0.6 is 0 Å². The molecule has 0 aromatic carbocycles. The molecule has 0 aromatic heterocycles. The number of hydrogen-bond acceptors (Lipinski definition) is 3. The molecule has 0 bridgehead atoms. The lowest BCUT2D eigenvalue weighted by molar-refractivity contribution is -0.121. The summed E-state index contributed by atoms with van der Waals surface area (Å²) in [5.41, 5.74) is 0. The van der Waals surface area contributed by atoms with Gasteiger partial charge in [-0.1, -0.05) is 0 Å². The summed E-state index contributed by atoms with van der Waals surface area (Å²) in [6.45, 7) is 2.61. The van der Waals surface area contributed by atoms with Gasteiger partial charge in [-0.05, 0) is 44.7 Å². The molecule has 0 aliphatic carbocycles. The van der Waals surface area contributed by atoms with Crippen molar-refractivity contribution >= 4 is 5.91 Å². The second kappa shape index (κ2) is 7.65. The normalized spacial score (nSPS) is 22.1. The van der Waals surface area contributed by atoms with Crippen molar-refractivity contribution in [3.05, 3.63) is 0 Å². The van der Waals surface area contributed by atoms with Crippen molar-refractivity contribution in [2.45, 2.75) is 32.1 Å². The zero-order chi connectivity index (χ0) is 10.9. The molecular weight excluding hydrogens is 192 g/mol. The largest absolute Gasteiger partial charge is 0.395 e. The molecule has 1 aliphatic heterocycles. The molecule has 0 saturated carbocycles. The van der Waals surface area contributed by atoms with Gasteiger partial charge in [0.2, 0.25) is 5.91 Å². The van der Waals surface area contributed by atoms with Crippen LogP contribution < -0.4 is 10.6 Å². The molecule has 4 heteroatoms. The summed E-state index contributed by atoms with van der Waals surface area (Å²) in [6, 6.07) is 0. The van der Waals surface area contributed by atoms with Gasteiger partial charge in [-0.15, -0.1) is 0 Å². The van der Waals surface area contributed by atoms with Gasteiger partial charge in [0.1, 0.15) is 0 Å². The smallest absolute Gasteiger partial charge is 0.220 e. The number of nitrogens with one attached hydrogen (secondary N) is 2. The zero-order valence-electron chi connectivity index (χ0n) is 9.30. The van der Waals surface area contributed by atoms with Gasteiger partial charge < -0.3 is 15.7 Å². The predicted molar refractivity (Wildman–Crippen MR) is 59.5 cm³/mol. The molecule has 0 aromatic rings. The molecule has 0 radical (unpaired) electrons. The Balaban J connectivity index is 2.09. The van der Waals surface area contributed by atoms with E-state index in [-0.39, 0.29) is 12.5 Å². The highest BCUT2D eigenvalue weighted by Crippen LogP contribution is 2.18. The Morgan fingerprint density at radius 2 is 2.27 bits per heavy atom. The average Bonchev–Trinajstić information content (AvgIpc) is 2.51. The maximum absolute atomic E-state index is 11.3. The number of rotatable bonds is 5. The van der Waals surface area contributed by atoms with Crippen molar-refractivity contribution in [2.24, 2.45) is 5.92 Å². The van der Waals surface area contributed by atoms with E-state index in [1.54, 1.807) is 0 Å². The lowest BCUT2D eigenvalue weighted by Gasteiger charge is -2.12. The van der Waals surface area contributed by atoms with Crippen LogP contribution in [0.2, 0.25) is 0 Å². The maximum atomic E-state index is 11.3. The third-order valence-electron chi connectivity index (χ3n) is 2.91. The zero-order valence-corrected chi connectivity index (χ0v) is 9.30. The van der Waals surface area contributed by atoms with Crippen molar-refractivity contribution in [1.29, 1.82) is 0 Å². The highest BCUT2D eigenvalue weighted by Gasteiger charge is 2.13. The Kier molecular flexibility index (Phi) is 6.36. The first-order chi connectivity index (χ1) is 7.33. The predicted octanol–water partition coefficient (Wildman–Crippen LogP) is 0.265. The fraction of sp³-hybridized carbons (Fsp3) is 0.909. The van der Waals surface area contributed by atoms with E-state index in [2.05, 4.69) is 10.6 Å². The first-order valence-electron chi connectivity index (χ1n) is 5.91. The third-order valence-corrected chi connectivity index (χ3v) is 2.91. The number of carbonyl (C=O) groups is 1. The molecule has 1 rings (SSSR count).